The second-order valence-electron chi connectivity index (χ2n) is 6.35. The number of hydrogen-bond donors (Lipinski definition) is 2. The molecule has 0 unspecified atom stereocenters. The van der Waals surface area contributed by atoms with Crippen molar-refractivity contribution in [3.05, 3.63) is 34.5 Å². The van der Waals surface area contributed by atoms with E-state index in [1.165, 1.54) is 12.8 Å². The zero-order valence-electron chi connectivity index (χ0n) is 13.1. The van der Waals surface area contributed by atoms with Crippen LogP contribution in [0.4, 0.5) is 5.82 Å². The van der Waals surface area contributed by atoms with Crippen molar-refractivity contribution >= 4 is 17.4 Å². The summed E-state index contributed by atoms with van der Waals surface area (Å²) in [6.45, 7) is 2.66. The number of aromatic amines is 1. The molecule has 2 aromatic heterocycles. The van der Waals surface area contributed by atoms with Crippen LogP contribution in [0.15, 0.2) is 12.3 Å². The molecular formula is C16H20ClN5O. The SMILES string of the molecule is Cc1ccnc(NC[C@H]2CC[C@@H](c3nc(C4CC4)n[nH]3)O2)c1Cl. The fourth-order valence-electron chi connectivity index (χ4n) is 2.89. The topological polar surface area (TPSA) is 75.7 Å². The van der Waals surface area contributed by atoms with E-state index in [0.29, 0.717) is 17.5 Å². The molecule has 4 rings (SSSR count). The van der Waals surface area contributed by atoms with Crippen LogP contribution >= 0.6 is 11.6 Å². The van der Waals surface area contributed by atoms with E-state index in [1.54, 1.807) is 6.20 Å². The molecule has 2 atom stereocenters. The highest BCUT2D eigenvalue weighted by Crippen LogP contribution is 2.39. The highest BCUT2D eigenvalue weighted by atomic mass is 35.5. The fourth-order valence-corrected chi connectivity index (χ4v) is 3.07. The van der Waals surface area contributed by atoms with Gasteiger partial charge in [0.15, 0.2) is 11.6 Å². The van der Waals surface area contributed by atoms with Crippen LogP contribution < -0.4 is 5.32 Å². The maximum absolute atomic E-state index is 6.25. The molecule has 0 aromatic carbocycles. The Bertz CT molecular complexity index is 700. The molecule has 2 N–H and O–H groups in total. The molecule has 0 bridgehead atoms. The van der Waals surface area contributed by atoms with E-state index in [2.05, 4.69) is 25.5 Å². The first-order valence-corrected chi connectivity index (χ1v) is 8.51. The summed E-state index contributed by atoms with van der Waals surface area (Å²) < 4.78 is 6.09. The van der Waals surface area contributed by atoms with Gasteiger partial charge in [-0.1, -0.05) is 11.6 Å². The van der Waals surface area contributed by atoms with Crippen LogP contribution in [0.5, 0.6) is 0 Å². The molecule has 0 radical (unpaired) electrons. The summed E-state index contributed by atoms with van der Waals surface area (Å²) >= 11 is 6.25. The molecule has 3 heterocycles. The quantitative estimate of drug-likeness (QED) is 0.877. The fraction of sp³-hybridized carbons (Fsp3) is 0.562. The van der Waals surface area contributed by atoms with Crippen molar-refractivity contribution in [3.63, 3.8) is 0 Å². The number of anilines is 1. The monoisotopic (exact) mass is 333 g/mol. The van der Waals surface area contributed by atoms with Crippen molar-refractivity contribution in [1.82, 2.24) is 20.2 Å². The smallest absolute Gasteiger partial charge is 0.153 e. The summed E-state index contributed by atoms with van der Waals surface area (Å²) in [5.41, 5.74) is 1.02. The second-order valence-corrected chi connectivity index (χ2v) is 6.73. The number of rotatable bonds is 5. The second kappa shape index (κ2) is 6.09. The molecule has 0 spiro atoms. The minimum atomic E-state index is 0.0164. The highest BCUT2D eigenvalue weighted by molar-refractivity contribution is 6.33. The van der Waals surface area contributed by atoms with Gasteiger partial charge < -0.3 is 10.1 Å². The summed E-state index contributed by atoms with van der Waals surface area (Å²) in [6.07, 6.45) is 6.27. The van der Waals surface area contributed by atoms with E-state index in [-0.39, 0.29) is 12.2 Å². The van der Waals surface area contributed by atoms with Crippen molar-refractivity contribution in [2.75, 3.05) is 11.9 Å². The molecule has 23 heavy (non-hydrogen) atoms. The van der Waals surface area contributed by atoms with Gasteiger partial charge in [-0.3, -0.25) is 5.10 Å². The lowest BCUT2D eigenvalue weighted by molar-refractivity contribution is 0.0471. The molecule has 1 aliphatic heterocycles. The first-order valence-electron chi connectivity index (χ1n) is 8.13. The summed E-state index contributed by atoms with van der Waals surface area (Å²) in [5, 5.41) is 11.3. The van der Waals surface area contributed by atoms with Gasteiger partial charge in [0.1, 0.15) is 11.9 Å². The van der Waals surface area contributed by atoms with E-state index in [1.807, 2.05) is 13.0 Å². The summed E-state index contributed by atoms with van der Waals surface area (Å²) in [7, 11) is 0. The summed E-state index contributed by atoms with van der Waals surface area (Å²) in [6, 6.07) is 1.90. The predicted octanol–water partition coefficient (Wildman–Crippen LogP) is 3.37. The Morgan fingerprint density at radius 3 is 3.04 bits per heavy atom. The Kier molecular flexibility index (Phi) is 3.95. The normalized spacial score (nSPS) is 24.1. The van der Waals surface area contributed by atoms with Gasteiger partial charge >= 0.3 is 0 Å². The Morgan fingerprint density at radius 1 is 1.35 bits per heavy atom. The van der Waals surface area contributed by atoms with Crippen LogP contribution in [0.3, 0.4) is 0 Å². The zero-order valence-corrected chi connectivity index (χ0v) is 13.8. The van der Waals surface area contributed by atoms with Crippen molar-refractivity contribution in [2.24, 2.45) is 0 Å². The Balaban J connectivity index is 1.34. The third kappa shape index (κ3) is 3.19. The van der Waals surface area contributed by atoms with Crippen molar-refractivity contribution in [3.8, 4) is 0 Å². The van der Waals surface area contributed by atoms with Crippen LogP contribution in [0.1, 0.15) is 54.9 Å². The number of aromatic nitrogens is 4. The number of halogens is 1. The van der Waals surface area contributed by atoms with Crippen LogP contribution in [0.25, 0.3) is 0 Å². The van der Waals surface area contributed by atoms with E-state index in [4.69, 9.17) is 16.3 Å². The van der Waals surface area contributed by atoms with Crippen molar-refractivity contribution in [2.45, 2.75) is 50.7 Å². The molecule has 7 heteroatoms. The maximum Gasteiger partial charge on any atom is 0.153 e. The number of nitrogens with one attached hydrogen (secondary N) is 2. The van der Waals surface area contributed by atoms with Gasteiger partial charge in [0.2, 0.25) is 0 Å². The van der Waals surface area contributed by atoms with Gasteiger partial charge in [-0.05, 0) is 44.2 Å². The average molecular weight is 334 g/mol. The lowest BCUT2D eigenvalue weighted by Gasteiger charge is -2.14. The molecular weight excluding hydrogens is 314 g/mol. The van der Waals surface area contributed by atoms with Crippen LogP contribution in [-0.2, 0) is 4.74 Å². The number of ether oxygens (including phenoxy) is 1. The zero-order chi connectivity index (χ0) is 15.8. The number of pyridine rings is 1. The molecule has 2 aromatic rings. The molecule has 122 valence electrons. The number of H-pyrrole nitrogens is 1. The van der Waals surface area contributed by atoms with Crippen LogP contribution in [0, 0.1) is 6.92 Å². The average Bonchev–Trinajstić information content (AvgIpc) is 3.10. The van der Waals surface area contributed by atoms with E-state index in [9.17, 15) is 0 Å². The molecule has 1 saturated carbocycles. The van der Waals surface area contributed by atoms with Gasteiger partial charge in [0, 0.05) is 18.7 Å². The Morgan fingerprint density at radius 2 is 2.22 bits per heavy atom. The molecule has 6 nitrogen and oxygen atoms in total. The number of aryl methyl sites for hydroxylation is 1. The molecule has 2 fully saturated rings. The highest BCUT2D eigenvalue weighted by Gasteiger charge is 2.32. The molecule has 1 saturated heterocycles. The third-order valence-corrected chi connectivity index (χ3v) is 4.93. The van der Waals surface area contributed by atoms with Crippen LogP contribution in [-0.4, -0.2) is 32.8 Å². The third-order valence-electron chi connectivity index (χ3n) is 4.45. The van der Waals surface area contributed by atoms with Gasteiger partial charge in [0.25, 0.3) is 0 Å². The minimum absolute atomic E-state index is 0.0164. The Labute approximate surface area is 140 Å². The van der Waals surface area contributed by atoms with Crippen molar-refractivity contribution in [1.29, 1.82) is 0 Å². The van der Waals surface area contributed by atoms with Crippen molar-refractivity contribution < 1.29 is 4.74 Å². The number of hydrogen-bond acceptors (Lipinski definition) is 5. The van der Waals surface area contributed by atoms with Gasteiger partial charge in [0.05, 0.1) is 11.1 Å². The standard InChI is InChI=1S/C16H20ClN5O/c1-9-6-7-18-16(13(9)17)19-8-11-4-5-12(23-11)15-20-14(21-22-15)10-2-3-10/h6-7,10-12H,2-5,8H2,1H3,(H,18,19)(H,20,21,22)/t11-,12+/m1/s1. The Hall–Kier alpha value is -1.66. The molecule has 2 aliphatic rings. The lowest BCUT2D eigenvalue weighted by Crippen LogP contribution is -2.20. The van der Waals surface area contributed by atoms with Gasteiger partial charge in [-0.25, -0.2) is 9.97 Å². The van der Waals surface area contributed by atoms with E-state index < -0.39 is 0 Å². The minimum Gasteiger partial charge on any atom is -0.366 e. The maximum atomic E-state index is 6.25. The largest absolute Gasteiger partial charge is 0.366 e. The van der Waals surface area contributed by atoms with E-state index >= 15 is 0 Å². The van der Waals surface area contributed by atoms with E-state index in [0.717, 1.165) is 35.9 Å². The first kappa shape index (κ1) is 14.9. The van der Waals surface area contributed by atoms with Gasteiger partial charge in [-0.2, -0.15) is 5.10 Å². The number of nitrogens with zero attached hydrogens (tertiary/aromatic N) is 3. The summed E-state index contributed by atoms with van der Waals surface area (Å²) in [5.74, 6) is 3.09. The molecule has 1 aliphatic carbocycles. The van der Waals surface area contributed by atoms with Gasteiger partial charge in [-0.15, -0.1) is 0 Å². The predicted molar refractivity (Wildman–Crippen MR) is 87.7 cm³/mol. The molecule has 0 amide bonds. The van der Waals surface area contributed by atoms with Crippen LogP contribution in [0.2, 0.25) is 5.02 Å². The lowest BCUT2D eigenvalue weighted by atomic mass is 10.2. The summed E-state index contributed by atoms with van der Waals surface area (Å²) in [4.78, 5) is 8.87. The first-order chi connectivity index (χ1) is 11.2.